The van der Waals surface area contributed by atoms with E-state index in [0.717, 1.165) is 27.6 Å². The zero-order valence-corrected chi connectivity index (χ0v) is 36.9. The van der Waals surface area contributed by atoms with Crippen LogP contribution in [0.1, 0.15) is 76.6 Å². The van der Waals surface area contributed by atoms with Crippen molar-refractivity contribution in [2.75, 3.05) is 9.71 Å². The predicted molar refractivity (Wildman–Crippen MR) is 266 cm³/mol. The van der Waals surface area contributed by atoms with Gasteiger partial charge in [-0.15, -0.1) is 0 Å². The number of nitrogens with zero attached hydrogens (tertiary/aromatic N) is 2. The lowest BCUT2D eigenvalue weighted by Gasteiger charge is -2.52. The molecule has 4 heteroatoms. The number of para-hydroxylation sites is 3. The molecule has 0 N–H and O–H groups in total. The highest BCUT2D eigenvalue weighted by Gasteiger charge is 2.51. The van der Waals surface area contributed by atoms with E-state index in [4.69, 9.17) is 4.42 Å². The van der Waals surface area contributed by atoms with Gasteiger partial charge in [0.1, 0.15) is 5.58 Å². The van der Waals surface area contributed by atoms with Crippen LogP contribution in [0.4, 0.5) is 28.4 Å². The maximum atomic E-state index is 6.93. The normalized spacial score (nSPS) is 16.9. The first-order valence-electron chi connectivity index (χ1n) is 22.8. The molecule has 3 nitrogen and oxygen atoms in total. The minimum atomic E-state index is -0.248. The molecule has 0 atom stereocenters. The molecule has 304 valence electrons. The van der Waals surface area contributed by atoms with Crippen molar-refractivity contribution in [1.82, 2.24) is 0 Å². The van der Waals surface area contributed by atoms with E-state index in [1.54, 1.807) is 0 Å². The number of anilines is 5. The van der Waals surface area contributed by atoms with Gasteiger partial charge in [0.25, 0.3) is 0 Å². The zero-order chi connectivity index (χ0) is 42.6. The number of fused-ring (bicyclic) bond motifs is 10. The summed E-state index contributed by atoms with van der Waals surface area (Å²) >= 11 is 0. The standard InChI is InChI=1S/C59H49BN2O/c1-57(2)29-30-58(3,4)46-35-51-47(34-45(46)57)59(5,6)44-23-16-24-48-55(44)61(51)52-33-39(37-19-11-8-12-20-37)32-43-42-31-38(36-17-9-7-10-18-36)27-28-49(42)62(60(48)54(43)52)50-25-15-22-41-40-21-13-14-26-53(40)63-56(41)50/h7-28,31-35H,29-30H2,1-6H3. The Kier molecular flexibility index (Phi) is 7.41. The number of hydrogen-bond acceptors (Lipinski definition) is 3. The molecule has 0 unspecified atom stereocenters. The Balaban J connectivity index is 1.18. The Hall–Kier alpha value is -6.78. The van der Waals surface area contributed by atoms with Gasteiger partial charge in [0.2, 0.25) is 0 Å². The van der Waals surface area contributed by atoms with Crippen LogP contribution >= 0.6 is 0 Å². The van der Waals surface area contributed by atoms with Crippen molar-refractivity contribution in [1.29, 1.82) is 0 Å². The van der Waals surface area contributed by atoms with Gasteiger partial charge in [-0.25, -0.2) is 0 Å². The summed E-state index contributed by atoms with van der Waals surface area (Å²) in [5.41, 5.74) is 23.6. The molecule has 1 aliphatic carbocycles. The van der Waals surface area contributed by atoms with E-state index in [0.29, 0.717) is 0 Å². The molecule has 13 rings (SSSR count). The highest BCUT2D eigenvalue weighted by atomic mass is 16.3. The van der Waals surface area contributed by atoms with Gasteiger partial charge >= 0.3 is 6.85 Å². The topological polar surface area (TPSA) is 19.6 Å². The van der Waals surface area contributed by atoms with Crippen molar-refractivity contribution >= 4 is 68.1 Å². The third kappa shape index (κ3) is 5.04. The van der Waals surface area contributed by atoms with Crippen LogP contribution in [0.25, 0.3) is 55.3 Å². The van der Waals surface area contributed by atoms with Crippen molar-refractivity contribution in [2.45, 2.75) is 70.6 Å². The molecule has 8 aromatic carbocycles. The third-order valence-electron chi connectivity index (χ3n) is 15.5. The van der Waals surface area contributed by atoms with Crippen molar-refractivity contribution in [3.8, 4) is 33.4 Å². The van der Waals surface area contributed by atoms with E-state index in [1.807, 2.05) is 0 Å². The molecule has 0 saturated heterocycles. The smallest absolute Gasteiger partial charge is 0.333 e. The quantitative estimate of drug-likeness (QED) is 0.166. The van der Waals surface area contributed by atoms with E-state index >= 15 is 0 Å². The lowest BCUT2D eigenvalue weighted by atomic mass is 9.42. The van der Waals surface area contributed by atoms with E-state index in [1.165, 1.54) is 102 Å². The van der Waals surface area contributed by atoms with E-state index < -0.39 is 0 Å². The lowest BCUT2D eigenvalue weighted by molar-refractivity contribution is 0.331. The summed E-state index contributed by atoms with van der Waals surface area (Å²) in [4.78, 5) is 5.31. The van der Waals surface area contributed by atoms with Crippen LogP contribution in [0.15, 0.2) is 168 Å². The maximum Gasteiger partial charge on any atom is 0.333 e. The number of furan rings is 1. The van der Waals surface area contributed by atoms with Gasteiger partial charge in [-0.05, 0) is 127 Å². The molecule has 9 aromatic rings. The average molecular weight is 813 g/mol. The minimum Gasteiger partial charge on any atom is -0.454 e. The summed E-state index contributed by atoms with van der Waals surface area (Å²) in [7, 11) is 0. The molecule has 0 spiro atoms. The fourth-order valence-corrected chi connectivity index (χ4v) is 12.0. The second-order valence-electron chi connectivity index (χ2n) is 20.3. The Morgan fingerprint density at radius 1 is 0.460 bits per heavy atom. The summed E-state index contributed by atoms with van der Waals surface area (Å²) < 4.78 is 6.93. The molecule has 4 heterocycles. The van der Waals surface area contributed by atoms with Gasteiger partial charge in [0.15, 0.2) is 5.58 Å². The second-order valence-corrected chi connectivity index (χ2v) is 20.3. The van der Waals surface area contributed by atoms with Crippen LogP contribution in [0, 0.1) is 0 Å². The fraction of sp³-hybridized carbons (Fsp3) is 0.186. The Bertz CT molecular complexity index is 3390. The molecule has 0 fully saturated rings. The number of rotatable bonds is 3. The van der Waals surface area contributed by atoms with Crippen molar-refractivity contribution in [2.24, 2.45) is 0 Å². The summed E-state index contributed by atoms with van der Waals surface area (Å²) in [5.74, 6) is 0. The monoisotopic (exact) mass is 812 g/mol. The Morgan fingerprint density at radius 2 is 1.11 bits per heavy atom. The second kappa shape index (κ2) is 12.7. The summed E-state index contributed by atoms with van der Waals surface area (Å²) in [6.07, 6.45) is 2.35. The van der Waals surface area contributed by atoms with Gasteiger partial charge in [-0.3, -0.25) is 0 Å². The van der Waals surface area contributed by atoms with Crippen LogP contribution in [0.3, 0.4) is 0 Å². The molecular formula is C59H49BN2O. The van der Waals surface area contributed by atoms with Gasteiger partial charge in [0, 0.05) is 38.8 Å². The number of benzene rings is 8. The third-order valence-corrected chi connectivity index (χ3v) is 15.5. The summed E-state index contributed by atoms with van der Waals surface area (Å²) in [6.45, 7) is 14.6. The van der Waals surface area contributed by atoms with Crippen LogP contribution in [-0.4, -0.2) is 6.85 Å². The molecule has 0 bridgehead atoms. The predicted octanol–water partition coefficient (Wildman–Crippen LogP) is 14.6. The SMILES string of the molecule is CC1(C)CCC(C)(C)c2cc3c(cc21)N1c2cc(-c4ccccc4)cc4c2B(c2cccc(c21)C3(C)C)N(c1cccc2c1oc1ccccc12)c1ccc(-c2ccccc2)cc1-4. The molecule has 1 aromatic heterocycles. The first kappa shape index (κ1) is 36.8. The highest BCUT2D eigenvalue weighted by Crippen LogP contribution is 2.58. The van der Waals surface area contributed by atoms with E-state index in [9.17, 15) is 0 Å². The lowest BCUT2D eigenvalue weighted by Crippen LogP contribution is -2.62. The molecule has 0 saturated carbocycles. The summed E-state index contributed by atoms with van der Waals surface area (Å²) in [5, 5.41) is 2.27. The zero-order valence-electron chi connectivity index (χ0n) is 36.9. The number of hydrogen-bond donors (Lipinski definition) is 0. The summed E-state index contributed by atoms with van der Waals surface area (Å²) in [6, 6.07) is 61.5. The minimum absolute atomic E-state index is 0.0578. The fourth-order valence-electron chi connectivity index (χ4n) is 12.0. The van der Waals surface area contributed by atoms with Gasteiger partial charge in [-0.1, -0.05) is 163 Å². The molecule has 3 aliphatic heterocycles. The van der Waals surface area contributed by atoms with Crippen molar-refractivity contribution < 1.29 is 4.42 Å². The molecular weight excluding hydrogens is 763 g/mol. The van der Waals surface area contributed by atoms with Crippen LogP contribution in [0.5, 0.6) is 0 Å². The van der Waals surface area contributed by atoms with E-state index in [2.05, 4.69) is 215 Å². The van der Waals surface area contributed by atoms with Crippen LogP contribution in [-0.2, 0) is 16.2 Å². The van der Waals surface area contributed by atoms with Crippen LogP contribution < -0.4 is 20.6 Å². The largest absolute Gasteiger partial charge is 0.454 e. The Labute approximate surface area is 370 Å². The van der Waals surface area contributed by atoms with Gasteiger partial charge in [0.05, 0.1) is 11.4 Å². The first-order valence-corrected chi connectivity index (χ1v) is 22.8. The van der Waals surface area contributed by atoms with E-state index in [-0.39, 0.29) is 23.1 Å². The van der Waals surface area contributed by atoms with Crippen LogP contribution in [0.2, 0.25) is 0 Å². The molecule has 0 amide bonds. The molecule has 63 heavy (non-hydrogen) atoms. The van der Waals surface area contributed by atoms with Gasteiger partial charge in [-0.2, -0.15) is 0 Å². The maximum absolute atomic E-state index is 6.93. The highest BCUT2D eigenvalue weighted by molar-refractivity contribution is 6.94. The Morgan fingerprint density at radius 3 is 1.87 bits per heavy atom. The van der Waals surface area contributed by atoms with Gasteiger partial charge < -0.3 is 14.1 Å². The van der Waals surface area contributed by atoms with Crippen molar-refractivity contribution in [3.05, 3.63) is 186 Å². The molecule has 4 aliphatic rings. The first-order chi connectivity index (χ1) is 30.5. The molecule has 0 radical (unpaired) electrons. The average Bonchev–Trinajstić information content (AvgIpc) is 3.69. The van der Waals surface area contributed by atoms with Crippen molar-refractivity contribution in [3.63, 3.8) is 0 Å².